The molecule has 7 nitrogen and oxygen atoms in total. The van der Waals surface area contributed by atoms with E-state index in [0.29, 0.717) is 23.2 Å². The average molecular weight is 455 g/mol. The van der Waals surface area contributed by atoms with Crippen molar-refractivity contribution in [3.8, 4) is 17.3 Å². The molecule has 0 aliphatic carbocycles. The van der Waals surface area contributed by atoms with E-state index in [1.807, 2.05) is 18.3 Å². The van der Waals surface area contributed by atoms with Gasteiger partial charge in [0, 0.05) is 23.1 Å². The Labute approximate surface area is 200 Å². The maximum absolute atomic E-state index is 5.25. The van der Waals surface area contributed by atoms with Gasteiger partial charge in [-0.3, -0.25) is 4.98 Å². The summed E-state index contributed by atoms with van der Waals surface area (Å²) in [5.41, 5.74) is 7.88. The molecule has 0 radical (unpaired) electrons. The summed E-state index contributed by atoms with van der Waals surface area (Å²) in [6.07, 6.45) is 9.60. The number of ether oxygens (including phenoxy) is 1. The van der Waals surface area contributed by atoms with E-state index in [4.69, 9.17) is 9.72 Å². The highest BCUT2D eigenvalue weighted by molar-refractivity contribution is 5.86. The summed E-state index contributed by atoms with van der Waals surface area (Å²) in [6, 6.07) is 8.64. The standard InChI is InChI=1S/C27H30N6O/c1-17-13-21(5-6-22(17)19-8-11-33(3)12-9-19)30-27-26-18(2)29-10-7-20(26)14-23(32-27)24-15-28-16-25(31-24)34-4/h5-7,10,13-16,19,29H,2,8-9,11-12H2,1,3-4H3,(H,30,32). The summed E-state index contributed by atoms with van der Waals surface area (Å²) in [5.74, 6) is 1.80. The van der Waals surface area contributed by atoms with Crippen molar-refractivity contribution in [3.63, 3.8) is 0 Å². The van der Waals surface area contributed by atoms with Crippen LogP contribution in [-0.2, 0) is 0 Å². The number of nitrogens with zero attached hydrogens (tertiary/aromatic N) is 4. The highest BCUT2D eigenvalue weighted by atomic mass is 16.5. The molecule has 3 aromatic rings. The van der Waals surface area contributed by atoms with Crippen LogP contribution in [0.15, 0.2) is 49.4 Å². The minimum atomic E-state index is 0.452. The monoisotopic (exact) mass is 454 g/mol. The Bertz CT molecular complexity index is 1260. The van der Waals surface area contributed by atoms with Crippen LogP contribution in [0.3, 0.4) is 0 Å². The lowest BCUT2D eigenvalue weighted by molar-refractivity contribution is 0.255. The molecule has 34 heavy (non-hydrogen) atoms. The molecule has 0 unspecified atom stereocenters. The zero-order chi connectivity index (χ0) is 23.7. The number of piperidine rings is 1. The maximum Gasteiger partial charge on any atom is 0.232 e. The van der Waals surface area contributed by atoms with Gasteiger partial charge in [-0.2, -0.15) is 0 Å². The number of hydrogen-bond acceptors (Lipinski definition) is 7. The molecule has 7 heteroatoms. The summed E-state index contributed by atoms with van der Waals surface area (Å²) < 4.78 is 5.25. The number of nitrogens with one attached hydrogen (secondary N) is 2. The minimum Gasteiger partial charge on any atom is -0.480 e. The molecule has 2 aliphatic heterocycles. The topological polar surface area (TPSA) is 75.2 Å². The largest absolute Gasteiger partial charge is 0.480 e. The molecule has 1 aromatic carbocycles. The Morgan fingerprint density at radius 2 is 1.94 bits per heavy atom. The second-order valence-electron chi connectivity index (χ2n) is 9.00. The van der Waals surface area contributed by atoms with Crippen LogP contribution in [0.1, 0.15) is 41.0 Å². The molecule has 1 fully saturated rings. The lowest BCUT2D eigenvalue weighted by Gasteiger charge is -2.30. The van der Waals surface area contributed by atoms with Crippen molar-refractivity contribution in [1.29, 1.82) is 0 Å². The van der Waals surface area contributed by atoms with Gasteiger partial charge in [0.2, 0.25) is 5.88 Å². The maximum atomic E-state index is 5.25. The molecule has 1 saturated heterocycles. The molecule has 5 rings (SSSR count). The molecule has 2 aromatic heterocycles. The molecule has 174 valence electrons. The van der Waals surface area contributed by atoms with Crippen molar-refractivity contribution in [2.24, 2.45) is 0 Å². The van der Waals surface area contributed by atoms with E-state index in [-0.39, 0.29) is 0 Å². The number of likely N-dealkylation sites (tertiary alicyclic amines) is 1. The van der Waals surface area contributed by atoms with Gasteiger partial charge in [0.15, 0.2) is 0 Å². The Hall–Kier alpha value is -3.71. The zero-order valence-corrected chi connectivity index (χ0v) is 19.9. The van der Waals surface area contributed by atoms with Gasteiger partial charge in [0.25, 0.3) is 0 Å². The fourth-order valence-corrected chi connectivity index (χ4v) is 4.78. The molecule has 0 amide bonds. The fraction of sp³-hybridized carbons (Fsp3) is 0.296. The number of benzene rings is 1. The average Bonchev–Trinajstić information content (AvgIpc) is 2.85. The van der Waals surface area contributed by atoms with E-state index in [1.165, 1.54) is 24.0 Å². The molecular formula is C27H30N6O. The van der Waals surface area contributed by atoms with E-state index in [0.717, 1.165) is 41.4 Å². The smallest absolute Gasteiger partial charge is 0.232 e. The molecule has 0 saturated carbocycles. The highest BCUT2D eigenvalue weighted by Crippen LogP contribution is 2.35. The zero-order valence-electron chi connectivity index (χ0n) is 19.9. The van der Waals surface area contributed by atoms with E-state index in [2.05, 4.69) is 64.3 Å². The third-order valence-corrected chi connectivity index (χ3v) is 6.65. The van der Waals surface area contributed by atoms with Crippen LogP contribution < -0.4 is 15.4 Å². The third-order valence-electron chi connectivity index (χ3n) is 6.65. The Morgan fingerprint density at radius 3 is 2.71 bits per heavy atom. The van der Waals surface area contributed by atoms with Crippen LogP contribution in [0.5, 0.6) is 5.88 Å². The second-order valence-corrected chi connectivity index (χ2v) is 9.00. The van der Waals surface area contributed by atoms with E-state index >= 15 is 0 Å². The van der Waals surface area contributed by atoms with Gasteiger partial charge in [-0.25, -0.2) is 9.97 Å². The van der Waals surface area contributed by atoms with Gasteiger partial charge in [-0.15, -0.1) is 0 Å². The van der Waals surface area contributed by atoms with Crippen molar-refractivity contribution in [2.75, 3.05) is 32.6 Å². The summed E-state index contributed by atoms with van der Waals surface area (Å²) in [5, 5.41) is 6.75. The van der Waals surface area contributed by atoms with Gasteiger partial charge >= 0.3 is 0 Å². The van der Waals surface area contributed by atoms with Gasteiger partial charge < -0.3 is 20.3 Å². The number of fused-ring (bicyclic) bond motifs is 1. The van der Waals surface area contributed by atoms with Crippen molar-refractivity contribution in [3.05, 3.63) is 71.7 Å². The number of aryl methyl sites for hydroxylation is 1. The minimum absolute atomic E-state index is 0.452. The first-order chi connectivity index (χ1) is 16.5. The molecule has 0 atom stereocenters. The number of methoxy groups -OCH3 is 1. The van der Waals surface area contributed by atoms with Crippen molar-refractivity contribution >= 4 is 23.3 Å². The van der Waals surface area contributed by atoms with Gasteiger partial charge in [0.1, 0.15) is 11.5 Å². The van der Waals surface area contributed by atoms with E-state index < -0.39 is 0 Å². The lowest BCUT2D eigenvalue weighted by atomic mass is 9.87. The molecule has 2 aliphatic rings. The van der Waals surface area contributed by atoms with Crippen LogP contribution in [0.2, 0.25) is 0 Å². The van der Waals surface area contributed by atoms with Crippen molar-refractivity contribution in [2.45, 2.75) is 25.7 Å². The van der Waals surface area contributed by atoms with Crippen molar-refractivity contribution in [1.82, 2.24) is 25.2 Å². The number of hydrogen-bond donors (Lipinski definition) is 2. The number of anilines is 2. The van der Waals surface area contributed by atoms with Crippen LogP contribution >= 0.6 is 0 Å². The first-order valence-corrected chi connectivity index (χ1v) is 11.6. The lowest BCUT2D eigenvalue weighted by Crippen LogP contribution is -2.29. The number of pyridine rings is 1. The van der Waals surface area contributed by atoms with Crippen LogP contribution in [-0.4, -0.2) is 47.1 Å². The van der Waals surface area contributed by atoms with E-state index in [1.54, 1.807) is 19.5 Å². The molecule has 4 heterocycles. The quantitative estimate of drug-likeness (QED) is 0.565. The first-order valence-electron chi connectivity index (χ1n) is 11.6. The highest BCUT2D eigenvalue weighted by Gasteiger charge is 2.21. The molecular weight excluding hydrogens is 424 g/mol. The van der Waals surface area contributed by atoms with Gasteiger partial charge in [-0.05, 0) is 86.8 Å². The Balaban J connectivity index is 1.50. The van der Waals surface area contributed by atoms with Gasteiger partial charge in [-0.1, -0.05) is 12.6 Å². The molecule has 0 bridgehead atoms. The first kappa shape index (κ1) is 22.1. The molecule has 0 spiro atoms. The SMILES string of the molecule is C=C1NC=Cc2cc(-c3cncc(OC)n3)nc(Nc3ccc(C4CCN(C)CC4)c(C)c3)c21. The number of aromatic nitrogens is 3. The molecule has 2 N–H and O–H groups in total. The predicted molar refractivity (Wildman–Crippen MR) is 137 cm³/mol. The summed E-state index contributed by atoms with van der Waals surface area (Å²) in [6.45, 7) is 8.70. The van der Waals surface area contributed by atoms with Crippen LogP contribution in [0, 0.1) is 6.92 Å². The Kier molecular flexibility index (Phi) is 6.02. The number of rotatable bonds is 5. The van der Waals surface area contributed by atoms with Crippen LogP contribution in [0.25, 0.3) is 23.2 Å². The third kappa shape index (κ3) is 4.39. The van der Waals surface area contributed by atoms with Crippen LogP contribution in [0.4, 0.5) is 11.5 Å². The predicted octanol–water partition coefficient (Wildman–Crippen LogP) is 4.95. The summed E-state index contributed by atoms with van der Waals surface area (Å²) in [4.78, 5) is 16.1. The van der Waals surface area contributed by atoms with E-state index in [9.17, 15) is 0 Å². The summed E-state index contributed by atoms with van der Waals surface area (Å²) >= 11 is 0. The summed E-state index contributed by atoms with van der Waals surface area (Å²) in [7, 11) is 3.78. The normalized spacial score (nSPS) is 16.1. The fourth-order valence-electron chi connectivity index (χ4n) is 4.78. The van der Waals surface area contributed by atoms with Crippen molar-refractivity contribution < 1.29 is 4.74 Å². The Morgan fingerprint density at radius 1 is 1.12 bits per heavy atom. The second kappa shape index (κ2) is 9.27. The van der Waals surface area contributed by atoms with Gasteiger partial charge in [0.05, 0.1) is 25.2 Å².